The van der Waals surface area contributed by atoms with Crippen molar-refractivity contribution < 1.29 is 19.7 Å². The highest BCUT2D eigenvalue weighted by molar-refractivity contribution is 5.74. The smallest absolute Gasteiger partial charge is 0.311 e. The third-order valence-electron chi connectivity index (χ3n) is 7.63. The van der Waals surface area contributed by atoms with Gasteiger partial charge >= 0.3 is 5.97 Å². The molecule has 1 aromatic rings. The molecule has 0 saturated heterocycles. The lowest BCUT2D eigenvalue weighted by molar-refractivity contribution is -0.134. The number of carbonyl (C=O) groups is 1. The van der Waals surface area contributed by atoms with E-state index in [1.54, 1.807) is 6.07 Å². The molecule has 200 valence electrons. The molecule has 1 aliphatic rings. The Hall–Kier alpha value is -1.71. The number of ether oxygens (including phenoxy) is 1. The van der Waals surface area contributed by atoms with Crippen LogP contribution < -0.4 is 4.74 Å². The summed E-state index contributed by atoms with van der Waals surface area (Å²) in [6.45, 7) is 2.27. The summed E-state index contributed by atoms with van der Waals surface area (Å²) in [6.07, 6.45) is 26.5. The molecule has 1 fully saturated rings. The molecule has 0 atom stereocenters. The first kappa shape index (κ1) is 29.5. The number of benzene rings is 1. The van der Waals surface area contributed by atoms with Gasteiger partial charge in [0.05, 0.1) is 0 Å². The topological polar surface area (TPSA) is 66.8 Å². The molecule has 4 nitrogen and oxygen atoms in total. The number of rotatable bonds is 19. The van der Waals surface area contributed by atoms with E-state index in [9.17, 15) is 15.0 Å². The molecule has 0 radical (unpaired) electrons. The lowest BCUT2D eigenvalue weighted by atomic mass is 9.84. The minimum atomic E-state index is -0.375. The second-order valence-electron chi connectivity index (χ2n) is 10.8. The summed E-state index contributed by atoms with van der Waals surface area (Å²) < 4.78 is 5.39. The van der Waals surface area contributed by atoms with E-state index in [-0.39, 0.29) is 23.2 Å². The van der Waals surface area contributed by atoms with Gasteiger partial charge in [-0.05, 0) is 30.4 Å². The molecule has 0 amide bonds. The fourth-order valence-corrected chi connectivity index (χ4v) is 5.37. The van der Waals surface area contributed by atoms with Crippen LogP contribution in [0.5, 0.6) is 17.2 Å². The van der Waals surface area contributed by atoms with Gasteiger partial charge in [0.25, 0.3) is 0 Å². The third-order valence-corrected chi connectivity index (χ3v) is 7.63. The zero-order valence-electron chi connectivity index (χ0n) is 22.5. The largest absolute Gasteiger partial charge is 0.504 e. The average molecular weight is 489 g/mol. The van der Waals surface area contributed by atoms with Crippen LogP contribution in [0.3, 0.4) is 0 Å². The number of unbranched alkanes of at least 4 members (excludes halogenated alkanes) is 14. The highest BCUT2D eigenvalue weighted by Gasteiger charge is 2.21. The van der Waals surface area contributed by atoms with Gasteiger partial charge in [0.15, 0.2) is 11.5 Å². The summed E-state index contributed by atoms with van der Waals surface area (Å²) in [4.78, 5) is 12.3. The van der Waals surface area contributed by atoms with Crippen LogP contribution in [0.15, 0.2) is 12.1 Å². The summed E-state index contributed by atoms with van der Waals surface area (Å²) in [7, 11) is 0. The Bertz CT molecular complexity index is 693. The van der Waals surface area contributed by atoms with Gasteiger partial charge in [-0.15, -0.1) is 0 Å². The van der Waals surface area contributed by atoms with Crippen LogP contribution in [0.1, 0.15) is 147 Å². The number of esters is 1. The van der Waals surface area contributed by atoms with Crippen molar-refractivity contribution >= 4 is 5.97 Å². The van der Waals surface area contributed by atoms with Crippen molar-refractivity contribution in [2.24, 2.45) is 5.92 Å². The molecule has 0 aromatic heterocycles. The van der Waals surface area contributed by atoms with E-state index in [4.69, 9.17) is 4.74 Å². The maximum atomic E-state index is 12.3. The van der Waals surface area contributed by atoms with Gasteiger partial charge < -0.3 is 14.9 Å². The van der Waals surface area contributed by atoms with Crippen molar-refractivity contribution in [3.8, 4) is 17.2 Å². The molecule has 0 spiro atoms. The first-order valence-electron chi connectivity index (χ1n) is 14.9. The summed E-state index contributed by atoms with van der Waals surface area (Å²) in [5.74, 6) is -0.118. The Kier molecular flexibility index (Phi) is 15.6. The Balaban J connectivity index is 1.51. The van der Waals surface area contributed by atoms with E-state index in [0.717, 1.165) is 31.2 Å². The third kappa shape index (κ3) is 12.7. The van der Waals surface area contributed by atoms with Gasteiger partial charge in [-0.2, -0.15) is 0 Å². The molecule has 0 bridgehead atoms. The lowest BCUT2D eigenvalue weighted by Crippen LogP contribution is -2.11. The summed E-state index contributed by atoms with van der Waals surface area (Å²) >= 11 is 0. The summed E-state index contributed by atoms with van der Waals surface area (Å²) in [6, 6.07) is 3.29. The highest BCUT2D eigenvalue weighted by Crippen LogP contribution is 2.41. The van der Waals surface area contributed by atoms with Crippen molar-refractivity contribution in [3.63, 3.8) is 0 Å². The van der Waals surface area contributed by atoms with Crippen molar-refractivity contribution in [1.82, 2.24) is 0 Å². The minimum Gasteiger partial charge on any atom is -0.504 e. The zero-order valence-corrected chi connectivity index (χ0v) is 22.5. The molecule has 0 unspecified atom stereocenters. The van der Waals surface area contributed by atoms with Gasteiger partial charge in [0.1, 0.15) is 0 Å². The monoisotopic (exact) mass is 488 g/mol. The molecule has 0 heterocycles. The van der Waals surface area contributed by atoms with Crippen LogP contribution in [0, 0.1) is 5.92 Å². The van der Waals surface area contributed by atoms with Crippen LogP contribution in [0.4, 0.5) is 0 Å². The molecule has 1 aliphatic carbocycles. The van der Waals surface area contributed by atoms with E-state index >= 15 is 0 Å². The first-order valence-corrected chi connectivity index (χ1v) is 14.9. The second-order valence-corrected chi connectivity index (χ2v) is 10.8. The Morgan fingerprint density at radius 1 is 0.771 bits per heavy atom. The Morgan fingerprint density at radius 3 is 1.83 bits per heavy atom. The van der Waals surface area contributed by atoms with Crippen LogP contribution in [0.2, 0.25) is 0 Å². The quantitative estimate of drug-likeness (QED) is 0.116. The normalized spacial score (nSPS) is 14.3. The van der Waals surface area contributed by atoms with E-state index < -0.39 is 0 Å². The number of hydrogen-bond acceptors (Lipinski definition) is 4. The number of carbonyl (C=O) groups excluding carboxylic acids is 1. The average Bonchev–Trinajstić information content (AvgIpc) is 2.86. The summed E-state index contributed by atoms with van der Waals surface area (Å²) in [5.41, 5.74) is 0.768. The van der Waals surface area contributed by atoms with Gasteiger partial charge in [-0.1, -0.05) is 135 Å². The predicted octanol–water partition coefficient (Wildman–Crippen LogP) is 9.39. The Morgan fingerprint density at radius 2 is 1.29 bits per heavy atom. The van der Waals surface area contributed by atoms with Crippen molar-refractivity contribution in [1.29, 1.82) is 0 Å². The fourth-order valence-electron chi connectivity index (χ4n) is 5.37. The molecule has 1 saturated carbocycles. The van der Waals surface area contributed by atoms with Gasteiger partial charge in [0.2, 0.25) is 5.75 Å². The molecular weight excluding hydrogens is 436 g/mol. The Labute approximate surface area is 214 Å². The number of phenols is 2. The molecular formula is C31H52O4. The molecule has 1 aromatic carbocycles. The van der Waals surface area contributed by atoms with Crippen molar-refractivity contribution in [3.05, 3.63) is 17.7 Å². The van der Waals surface area contributed by atoms with E-state index in [1.807, 2.05) is 0 Å². The lowest BCUT2D eigenvalue weighted by Gasteiger charge is -2.22. The standard InChI is InChI=1S/C31H52O4/c1-2-3-4-5-6-7-8-9-10-11-12-13-14-15-19-22-29(33)35-31-28(32)24-23-27(30(31)34)25-26-20-17-16-18-21-26/h23-24,26,32,34H,2-22,25H2,1H3. The number of phenolic OH excluding ortho intramolecular Hbond substituents is 2. The van der Waals surface area contributed by atoms with Crippen LogP contribution in [-0.2, 0) is 11.2 Å². The van der Waals surface area contributed by atoms with Gasteiger partial charge in [-0.25, -0.2) is 0 Å². The van der Waals surface area contributed by atoms with Crippen LogP contribution in [-0.4, -0.2) is 16.2 Å². The van der Waals surface area contributed by atoms with Crippen molar-refractivity contribution in [2.75, 3.05) is 0 Å². The van der Waals surface area contributed by atoms with Crippen LogP contribution in [0.25, 0.3) is 0 Å². The van der Waals surface area contributed by atoms with Crippen LogP contribution >= 0.6 is 0 Å². The predicted molar refractivity (Wildman–Crippen MR) is 145 cm³/mol. The first-order chi connectivity index (χ1) is 17.1. The van der Waals surface area contributed by atoms with E-state index in [0.29, 0.717) is 12.3 Å². The number of hydrogen-bond donors (Lipinski definition) is 2. The SMILES string of the molecule is CCCCCCCCCCCCCCCCCC(=O)Oc1c(O)ccc(CC2CCCCC2)c1O. The minimum absolute atomic E-state index is 0.0655. The molecule has 2 N–H and O–H groups in total. The number of aromatic hydroxyl groups is 2. The van der Waals surface area contributed by atoms with Gasteiger partial charge in [-0.3, -0.25) is 4.79 Å². The molecule has 2 rings (SSSR count). The molecule has 0 aliphatic heterocycles. The van der Waals surface area contributed by atoms with E-state index in [2.05, 4.69) is 6.92 Å². The van der Waals surface area contributed by atoms with Crippen molar-refractivity contribution in [2.45, 2.75) is 148 Å². The maximum Gasteiger partial charge on any atom is 0.311 e. The second kappa shape index (κ2) is 18.5. The maximum absolute atomic E-state index is 12.3. The fraction of sp³-hybridized carbons (Fsp3) is 0.774. The highest BCUT2D eigenvalue weighted by atomic mass is 16.5. The zero-order chi connectivity index (χ0) is 25.1. The summed E-state index contributed by atoms with van der Waals surface area (Å²) in [5, 5.41) is 20.8. The molecule has 35 heavy (non-hydrogen) atoms. The van der Waals surface area contributed by atoms with E-state index in [1.165, 1.54) is 115 Å². The molecule has 4 heteroatoms. The van der Waals surface area contributed by atoms with Gasteiger partial charge in [0, 0.05) is 6.42 Å².